The van der Waals surface area contributed by atoms with Crippen LogP contribution in [0.1, 0.15) is 11.3 Å². The van der Waals surface area contributed by atoms with Gasteiger partial charge in [0.2, 0.25) is 0 Å². The zero-order valence-corrected chi connectivity index (χ0v) is 10.5. The Hall–Kier alpha value is -2.49. The molecule has 2 aromatic rings. The molecule has 0 unspecified atom stereocenters. The summed E-state index contributed by atoms with van der Waals surface area (Å²) in [6, 6.07) is 10.9. The Morgan fingerprint density at radius 1 is 1.26 bits per heavy atom. The van der Waals surface area contributed by atoms with Crippen LogP contribution in [0.25, 0.3) is 6.08 Å². The van der Waals surface area contributed by atoms with Crippen molar-refractivity contribution in [3.63, 3.8) is 0 Å². The molecule has 0 aliphatic heterocycles. The van der Waals surface area contributed by atoms with E-state index >= 15 is 0 Å². The van der Waals surface area contributed by atoms with Gasteiger partial charge in [0, 0.05) is 6.08 Å². The van der Waals surface area contributed by atoms with E-state index in [0.717, 1.165) is 11.3 Å². The van der Waals surface area contributed by atoms with Gasteiger partial charge in [-0.15, -0.1) is 0 Å². The number of rotatable bonds is 5. The van der Waals surface area contributed by atoms with E-state index < -0.39 is 5.97 Å². The number of hydrogen-bond acceptors (Lipinski definition) is 4. The standard InChI is InChI=1S/C15H14O4/c1-17-13-7-4-12(5-8-13)6-9-15(16)19-11-14-3-2-10-18-14/h2-10H,11H2,1H3/b9-6+. The Bertz CT molecular complexity index is 538. The average Bonchev–Trinajstić information content (AvgIpc) is 2.96. The molecule has 0 aliphatic rings. The molecule has 0 N–H and O–H groups in total. The summed E-state index contributed by atoms with van der Waals surface area (Å²) in [5, 5.41) is 0. The third kappa shape index (κ3) is 4.03. The maximum Gasteiger partial charge on any atom is 0.331 e. The highest BCUT2D eigenvalue weighted by atomic mass is 16.5. The molecule has 0 fully saturated rings. The topological polar surface area (TPSA) is 48.7 Å². The van der Waals surface area contributed by atoms with Crippen molar-refractivity contribution < 1.29 is 18.7 Å². The van der Waals surface area contributed by atoms with Gasteiger partial charge in [-0.2, -0.15) is 0 Å². The molecule has 0 amide bonds. The van der Waals surface area contributed by atoms with Crippen LogP contribution >= 0.6 is 0 Å². The first-order valence-electron chi connectivity index (χ1n) is 5.79. The van der Waals surface area contributed by atoms with Gasteiger partial charge in [0.15, 0.2) is 0 Å². The number of benzene rings is 1. The van der Waals surface area contributed by atoms with Gasteiger partial charge in [0.05, 0.1) is 13.4 Å². The number of carbonyl (C=O) groups excluding carboxylic acids is 1. The monoisotopic (exact) mass is 258 g/mol. The van der Waals surface area contributed by atoms with Crippen molar-refractivity contribution in [2.24, 2.45) is 0 Å². The second kappa shape index (κ2) is 6.44. The highest BCUT2D eigenvalue weighted by Crippen LogP contribution is 2.12. The van der Waals surface area contributed by atoms with Gasteiger partial charge < -0.3 is 13.9 Å². The van der Waals surface area contributed by atoms with Gasteiger partial charge in [-0.05, 0) is 35.9 Å². The van der Waals surface area contributed by atoms with E-state index in [4.69, 9.17) is 13.9 Å². The average molecular weight is 258 g/mol. The zero-order chi connectivity index (χ0) is 13.5. The molecular weight excluding hydrogens is 244 g/mol. The summed E-state index contributed by atoms with van der Waals surface area (Å²) in [5.74, 6) is 0.982. The first kappa shape index (κ1) is 13.0. The van der Waals surface area contributed by atoms with Crippen molar-refractivity contribution in [1.29, 1.82) is 0 Å². The Kier molecular flexibility index (Phi) is 4.39. The Morgan fingerprint density at radius 3 is 2.68 bits per heavy atom. The summed E-state index contributed by atoms with van der Waals surface area (Å²) in [5.41, 5.74) is 0.899. The molecule has 0 atom stereocenters. The third-order valence-corrected chi connectivity index (χ3v) is 2.46. The Balaban J connectivity index is 1.85. The Labute approximate surface area is 111 Å². The number of carbonyl (C=O) groups is 1. The quantitative estimate of drug-likeness (QED) is 0.611. The largest absolute Gasteiger partial charge is 0.497 e. The SMILES string of the molecule is COc1ccc(/C=C/C(=O)OCc2ccco2)cc1. The van der Waals surface area contributed by atoms with Crippen molar-refractivity contribution in [3.05, 3.63) is 60.1 Å². The highest BCUT2D eigenvalue weighted by Gasteiger charge is 2.00. The molecule has 0 bridgehead atoms. The fourth-order valence-electron chi connectivity index (χ4n) is 1.46. The minimum atomic E-state index is -0.410. The molecule has 0 saturated heterocycles. The summed E-state index contributed by atoms with van der Waals surface area (Å²) in [4.78, 5) is 11.5. The van der Waals surface area contributed by atoms with Crippen LogP contribution in [0.3, 0.4) is 0 Å². The molecule has 19 heavy (non-hydrogen) atoms. The van der Waals surface area contributed by atoms with Gasteiger partial charge in [0.1, 0.15) is 18.1 Å². The Morgan fingerprint density at radius 2 is 2.05 bits per heavy atom. The highest BCUT2D eigenvalue weighted by molar-refractivity contribution is 5.87. The van der Waals surface area contributed by atoms with Gasteiger partial charge in [-0.1, -0.05) is 12.1 Å². The minimum Gasteiger partial charge on any atom is -0.497 e. The van der Waals surface area contributed by atoms with Crippen molar-refractivity contribution in [2.75, 3.05) is 7.11 Å². The minimum absolute atomic E-state index is 0.138. The summed E-state index contributed by atoms with van der Waals surface area (Å²) in [6.45, 7) is 0.138. The maximum atomic E-state index is 11.5. The molecule has 0 saturated carbocycles. The van der Waals surface area contributed by atoms with Crippen molar-refractivity contribution >= 4 is 12.0 Å². The van der Waals surface area contributed by atoms with E-state index in [-0.39, 0.29) is 6.61 Å². The molecule has 0 spiro atoms. The van der Waals surface area contributed by atoms with E-state index in [1.807, 2.05) is 24.3 Å². The third-order valence-electron chi connectivity index (χ3n) is 2.46. The fraction of sp³-hybridized carbons (Fsp3) is 0.133. The summed E-state index contributed by atoms with van der Waals surface area (Å²) < 4.78 is 15.1. The molecule has 0 aliphatic carbocycles. The first-order valence-corrected chi connectivity index (χ1v) is 5.79. The smallest absolute Gasteiger partial charge is 0.331 e. The van der Waals surface area contributed by atoms with E-state index in [9.17, 15) is 4.79 Å². The maximum absolute atomic E-state index is 11.5. The zero-order valence-electron chi connectivity index (χ0n) is 10.5. The number of hydrogen-bond donors (Lipinski definition) is 0. The van der Waals surface area contributed by atoms with E-state index in [0.29, 0.717) is 5.76 Å². The van der Waals surface area contributed by atoms with Crippen molar-refractivity contribution in [1.82, 2.24) is 0 Å². The lowest BCUT2D eigenvalue weighted by Crippen LogP contribution is -1.99. The lowest BCUT2D eigenvalue weighted by molar-refractivity contribution is -0.139. The van der Waals surface area contributed by atoms with Crippen LogP contribution in [0.2, 0.25) is 0 Å². The normalized spacial score (nSPS) is 10.6. The second-order valence-electron chi connectivity index (χ2n) is 3.79. The van der Waals surface area contributed by atoms with E-state index in [1.165, 1.54) is 12.3 Å². The molecule has 1 aromatic heterocycles. The van der Waals surface area contributed by atoms with E-state index in [2.05, 4.69) is 0 Å². The molecular formula is C15H14O4. The molecule has 4 heteroatoms. The van der Waals surface area contributed by atoms with Gasteiger partial charge >= 0.3 is 5.97 Å². The predicted molar refractivity (Wildman–Crippen MR) is 70.5 cm³/mol. The van der Waals surface area contributed by atoms with Crippen LogP contribution in [-0.4, -0.2) is 13.1 Å². The van der Waals surface area contributed by atoms with E-state index in [1.54, 1.807) is 25.3 Å². The summed E-state index contributed by atoms with van der Waals surface area (Å²) in [7, 11) is 1.61. The second-order valence-corrected chi connectivity index (χ2v) is 3.79. The molecule has 4 nitrogen and oxygen atoms in total. The van der Waals surface area contributed by atoms with Crippen molar-refractivity contribution in [3.8, 4) is 5.75 Å². The van der Waals surface area contributed by atoms with Crippen LogP contribution in [0.4, 0.5) is 0 Å². The van der Waals surface area contributed by atoms with Crippen LogP contribution in [-0.2, 0) is 16.1 Å². The fourth-order valence-corrected chi connectivity index (χ4v) is 1.46. The van der Waals surface area contributed by atoms with Gasteiger partial charge in [-0.25, -0.2) is 4.79 Å². The molecule has 0 radical (unpaired) electrons. The summed E-state index contributed by atoms with van der Waals surface area (Å²) in [6.07, 6.45) is 4.60. The summed E-state index contributed by atoms with van der Waals surface area (Å²) >= 11 is 0. The number of furan rings is 1. The van der Waals surface area contributed by atoms with Crippen LogP contribution in [0.15, 0.2) is 53.2 Å². The molecule has 2 rings (SSSR count). The first-order chi connectivity index (χ1) is 9.28. The predicted octanol–water partition coefficient (Wildman–Crippen LogP) is 3.04. The number of ether oxygens (including phenoxy) is 2. The lowest BCUT2D eigenvalue weighted by Gasteiger charge is -2.00. The van der Waals surface area contributed by atoms with Crippen molar-refractivity contribution in [2.45, 2.75) is 6.61 Å². The number of methoxy groups -OCH3 is 1. The molecule has 1 heterocycles. The molecule has 1 aromatic carbocycles. The van der Waals surface area contributed by atoms with Gasteiger partial charge in [0.25, 0.3) is 0 Å². The van der Waals surface area contributed by atoms with Crippen LogP contribution in [0.5, 0.6) is 5.75 Å². The van der Waals surface area contributed by atoms with Gasteiger partial charge in [-0.3, -0.25) is 0 Å². The van der Waals surface area contributed by atoms with Crippen LogP contribution in [0, 0.1) is 0 Å². The van der Waals surface area contributed by atoms with Crippen LogP contribution < -0.4 is 4.74 Å². The lowest BCUT2D eigenvalue weighted by atomic mass is 10.2. The number of esters is 1. The molecule has 98 valence electrons.